The lowest BCUT2D eigenvalue weighted by molar-refractivity contribution is 0.0949. The van der Waals surface area contributed by atoms with Crippen LogP contribution < -0.4 is 10.1 Å². The van der Waals surface area contributed by atoms with Crippen LogP contribution in [0.25, 0.3) is 0 Å². The van der Waals surface area contributed by atoms with Crippen LogP contribution in [0.15, 0.2) is 18.2 Å². The summed E-state index contributed by atoms with van der Waals surface area (Å²) in [5.41, 5.74) is 1.13. The van der Waals surface area contributed by atoms with Gasteiger partial charge in [0.1, 0.15) is 5.75 Å². The molecule has 1 rings (SSSR count). The molecule has 0 unspecified atom stereocenters. The van der Waals surface area contributed by atoms with Crippen molar-refractivity contribution in [3.05, 3.63) is 29.3 Å². The van der Waals surface area contributed by atoms with Crippen LogP contribution in [0.1, 0.15) is 126 Å². The van der Waals surface area contributed by atoms with Crippen LogP contribution in [-0.2, 0) is 6.61 Å². The number of unbranched alkanes of at least 4 members (excludes halogenated alkanes) is 15. The fourth-order valence-electron chi connectivity index (χ4n) is 4.00. The average Bonchev–Trinajstić information content (AvgIpc) is 2.80. The van der Waals surface area contributed by atoms with Crippen LogP contribution in [0.5, 0.6) is 5.75 Å². The molecule has 0 spiro atoms. The highest BCUT2D eigenvalue weighted by atomic mass is 16.5. The van der Waals surface area contributed by atoms with E-state index in [0.29, 0.717) is 23.4 Å². The van der Waals surface area contributed by atoms with Crippen molar-refractivity contribution in [3.63, 3.8) is 0 Å². The second-order valence-corrected chi connectivity index (χ2v) is 8.74. The van der Waals surface area contributed by atoms with E-state index in [1.165, 1.54) is 89.9 Å². The van der Waals surface area contributed by atoms with Crippen LogP contribution in [0, 0.1) is 0 Å². The van der Waals surface area contributed by atoms with Gasteiger partial charge in [-0.1, -0.05) is 109 Å². The number of benzene rings is 1. The summed E-state index contributed by atoms with van der Waals surface area (Å²) in [6.07, 6.45) is 21.5. The summed E-state index contributed by atoms with van der Waals surface area (Å²) in [6, 6.07) is 5.19. The molecule has 2 N–H and O–H groups in total. The standard InChI is InChI=1S/C27H47NO3/c1-3-4-5-6-7-8-9-10-11-12-13-14-15-16-17-18-21-28-27(30)26-22-25(31-2)20-19-24(26)23-29/h19-20,22,29H,3-18,21,23H2,1-2H3,(H,28,30). The van der Waals surface area contributed by atoms with Gasteiger partial charge in [0.2, 0.25) is 0 Å². The number of rotatable bonds is 20. The Hall–Kier alpha value is -1.55. The number of amides is 1. The summed E-state index contributed by atoms with van der Waals surface area (Å²) >= 11 is 0. The summed E-state index contributed by atoms with van der Waals surface area (Å²) < 4.78 is 5.18. The molecule has 0 heterocycles. The normalized spacial score (nSPS) is 10.9. The van der Waals surface area contributed by atoms with Crippen molar-refractivity contribution >= 4 is 5.91 Å². The molecule has 0 radical (unpaired) electrons. The first-order chi connectivity index (χ1) is 15.2. The zero-order valence-corrected chi connectivity index (χ0v) is 20.2. The van der Waals surface area contributed by atoms with Gasteiger partial charge in [0.25, 0.3) is 5.91 Å². The molecule has 1 amide bonds. The van der Waals surface area contributed by atoms with Gasteiger partial charge in [-0.2, -0.15) is 0 Å². The Morgan fingerprint density at radius 3 is 1.74 bits per heavy atom. The molecule has 0 aliphatic rings. The predicted octanol–water partition coefficient (Wildman–Crippen LogP) is 7.18. The Bertz CT molecular complexity index is 574. The Labute approximate surface area is 191 Å². The lowest BCUT2D eigenvalue weighted by atomic mass is 10.0. The molecule has 4 nitrogen and oxygen atoms in total. The molecule has 4 heteroatoms. The van der Waals surface area contributed by atoms with Crippen LogP contribution in [0.3, 0.4) is 0 Å². The van der Waals surface area contributed by atoms with Gasteiger partial charge in [0.05, 0.1) is 13.7 Å². The quantitative estimate of drug-likeness (QED) is 0.214. The third-order valence-corrected chi connectivity index (χ3v) is 6.05. The number of aliphatic hydroxyl groups is 1. The van der Waals surface area contributed by atoms with Gasteiger partial charge in [0.15, 0.2) is 0 Å². The van der Waals surface area contributed by atoms with Crippen molar-refractivity contribution in [3.8, 4) is 5.75 Å². The van der Waals surface area contributed by atoms with Crippen molar-refractivity contribution in [1.82, 2.24) is 5.32 Å². The van der Waals surface area contributed by atoms with Gasteiger partial charge in [-0.25, -0.2) is 0 Å². The van der Waals surface area contributed by atoms with E-state index in [-0.39, 0.29) is 12.5 Å². The fraction of sp³-hybridized carbons (Fsp3) is 0.741. The highest BCUT2D eigenvalue weighted by Gasteiger charge is 2.11. The zero-order valence-electron chi connectivity index (χ0n) is 20.2. The van der Waals surface area contributed by atoms with Gasteiger partial charge in [-0.05, 0) is 24.1 Å². The third kappa shape index (κ3) is 13.5. The van der Waals surface area contributed by atoms with Gasteiger partial charge in [-0.3, -0.25) is 4.79 Å². The van der Waals surface area contributed by atoms with E-state index >= 15 is 0 Å². The van der Waals surface area contributed by atoms with Gasteiger partial charge >= 0.3 is 0 Å². The fourth-order valence-corrected chi connectivity index (χ4v) is 4.00. The van der Waals surface area contributed by atoms with E-state index in [1.807, 2.05) is 0 Å². The Morgan fingerprint density at radius 2 is 1.29 bits per heavy atom. The predicted molar refractivity (Wildman–Crippen MR) is 131 cm³/mol. The molecule has 0 fully saturated rings. The lowest BCUT2D eigenvalue weighted by Gasteiger charge is -2.10. The Kier molecular flexibility index (Phi) is 17.0. The molecule has 0 aromatic heterocycles. The minimum atomic E-state index is -0.147. The van der Waals surface area contributed by atoms with Crippen LogP contribution in [0.2, 0.25) is 0 Å². The highest BCUT2D eigenvalue weighted by molar-refractivity contribution is 5.96. The first kappa shape index (κ1) is 27.5. The molecule has 31 heavy (non-hydrogen) atoms. The highest BCUT2D eigenvalue weighted by Crippen LogP contribution is 2.18. The minimum Gasteiger partial charge on any atom is -0.497 e. The maximum Gasteiger partial charge on any atom is 0.251 e. The summed E-state index contributed by atoms with van der Waals surface area (Å²) in [6.45, 7) is 2.81. The van der Waals surface area contributed by atoms with Crippen molar-refractivity contribution in [2.24, 2.45) is 0 Å². The second kappa shape index (κ2) is 19.2. The molecule has 0 aliphatic carbocycles. The van der Waals surface area contributed by atoms with E-state index in [0.717, 1.165) is 12.8 Å². The number of carbonyl (C=O) groups excluding carboxylic acids is 1. The number of hydrogen-bond donors (Lipinski definition) is 2. The maximum atomic E-state index is 12.4. The van der Waals surface area contributed by atoms with Crippen LogP contribution in [-0.4, -0.2) is 24.7 Å². The van der Waals surface area contributed by atoms with Gasteiger partial charge < -0.3 is 15.2 Å². The van der Waals surface area contributed by atoms with Gasteiger partial charge in [-0.15, -0.1) is 0 Å². The van der Waals surface area contributed by atoms with E-state index in [4.69, 9.17) is 4.74 Å². The number of carbonyl (C=O) groups is 1. The first-order valence-electron chi connectivity index (χ1n) is 12.8. The van der Waals surface area contributed by atoms with E-state index < -0.39 is 0 Å². The summed E-state index contributed by atoms with van der Waals surface area (Å²) in [5.74, 6) is 0.494. The smallest absolute Gasteiger partial charge is 0.251 e. The number of aliphatic hydroxyl groups excluding tert-OH is 1. The molecular formula is C27H47NO3. The van der Waals surface area contributed by atoms with Crippen LogP contribution >= 0.6 is 0 Å². The molecule has 1 aromatic rings. The van der Waals surface area contributed by atoms with E-state index in [9.17, 15) is 9.90 Å². The third-order valence-electron chi connectivity index (χ3n) is 6.05. The SMILES string of the molecule is CCCCCCCCCCCCCCCCCCNC(=O)c1cc(OC)ccc1CO. The summed E-state index contributed by atoms with van der Waals surface area (Å²) in [5, 5.41) is 12.4. The monoisotopic (exact) mass is 433 g/mol. The molecule has 0 bridgehead atoms. The Morgan fingerprint density at radius 1 is 0.806 bits per heavy atom. The second-order valence-electron chi connectivity index (χ2n) is 8.74. The van der Waals surface area contributed by atoms with Crippen molar-refractivity contribution in [2.75, 3.05) is 13.7 Å². The summed E-state index contributed by atoms with van der Waals surface area (Å²) in [4.78, 5) is 12.4. The topological polar surface area (TPSA) is 58.6 Å². The lowest BCUT2D eigenvalue weighted by Crippen LogP contribution is -2.25. The molecule has 178 valence electrons. The van der Waals surface area contributed by atoms with Crippen molar-refractivity contribution < 1.29 is 14.6 Å². The maximum absolute atomic E-state index is 12.4. The van der Waals surface area contributed by atoms with Crippen molar-refractivity contribution in [1.29, 1.82) is 0 Å². The summed E-state index contributed by atoms with van der Waals surface area (Å²) in [7, 11) is 1.58. The number of nitrogens with one attached hydrogen (secondary N) is 1. The number of ether oxygens (including phenoxy) is 1. The molecule has 0 atom stereocenters. The molecule has 0 saturated heterocycles. The number of hydrogen-bond acceptors (Lipinski definition) is 3. The first-order valence-corrected chi connectivity index (χ1v) is 12.8. The van der Waals surface area contributed by atoms with Crippen molar-refractivity contribution in [2.45, 2.75) is 116 Å². The average molecular weight is 434 g/mol. The Balaban J connectivity index is 1.93. The molecule has 1 aromatic carbocycles. The molecule has 0 aliphatic heterocycles. The van der Waals surface area contributed by atoms with E-state index in [1.54, 1.807) is 25.3 Å². The van der Waals surface area contributed by atoms with E-state index in [2.05, 4.69) is 12.2 Å². The molecular weight excluding hydrogens is 386 g/mol. The largest absolute Gasteiger partial charge is 0.497 e. The van der Waals surface area contributed by atoms with Gasteiger partial charge in [0, 0.05) is 12.1 Å². The minimum absolute atomic E-state index is 0.135. The number of methoxy groups -OCH3 is 1. The molecule has 0 saturated carbocycles. The zero-order chi connectivity index (χ0) is 22.6. The van der Waals surface area contributed by atoms with Crippen LogP contribution in [0.4, 0.5) is 0 Å².